The van der Waals surface area contributed by atoms with Crippen LogP contribution in [-0.4, -0.2) is 21.5 Å². The van der Waals surface area contributed by atoms with E-state index >= 15 is 0 Å². The van der Waals surface area contributed by atoms with Gasteiger partial charge in [-0.25, -0.2) is 0 Å². The van der Waals surface area contributed by atoms with E-state index in [4.69, 9.17) is 0 Å². The summed E-state index contributed by atoms with van der Waals surface area (Å²) in [6.07, 6.45) is 7.38. The maximum absolute atomic E-state index is 4.54. The van der Waals surface area contributed by atoms with Gasteiger partial charge >= 0.3 is 0 Å². The van der Waals surface area contributed by atoms with Gasteiger partial charge in [0.15, 0.2) is 0 Å². The van der Waals surface area contributed by atoms with E-state index in [0.717, 1.165) is 23.3 Å². The first-order chi connectivity index (χ1) is 10.3. The topological polar surface area (TPSA) is 50.7 Å². The molecule has 1 atom stereocenters. The zero-order valence-corrected chi connectivity index (χ0v) is 12.2. The maximum atomic E-state index is 4.54. The van der Waals surface area contributed by atoms with Gasteiger partial charge in [-0.2, -0.15) is 0 Å². The van der Waals surface area contributed by atoms with Crippen LogP contribution in [0.2, 0.25) is 0 Å². The fourth-order valence-corrected chi connectivity index (χ4v) is 2.53. The summed E-state index contributed by atoms with van der Waals surface area (Å²) in [5, 5.41) is 5.84. The molecule has 4 heteroatoms. The molecule has 0 saturated heterocycles. The highest BCUT2D eigenvalue weighted by molar-refractivity contribution is 5.85. The van der Waals surface area contributed by atoms with Gasteiger partial charge in [0.05, 0.1) is 23.6 Å². The standard InChI is InChI=1S/C17H18N4/c1-3-19-17(16-11-20-12(2)9-21-16)15-6-4-5-13-10-18-8-7-14(13)15/h4-11,17,19H,3H2,1-2H3. The normalized spacial score (nSPS) is 12.5. The third-order valence-corrected chi connectivity index (χ3v) is 3.53. The number of pyridine rings is 1. The number of hydrogen-bond acceptors (Lipinski definition) is 4. The summed E-state index contributed by atoms with van der Waals surface area (Å²) < 4.78 is 0. The molecule has 4 nitrogen and oxygen atoms in total. The van der Waals surface area contributed by atoms with Crippen LogP contribution >= 0.6 is 0 Å². The van der Waals surface area contributed by atoms with Crippen LogP contribution in [0.4, 0.5) is 0 Å². The number of fused-ring (bicyclic) bond motifs is 1. The lowest BCUT2D eigenvalue weighted by molar-refractivity contribution is 0.615. The fraction of sp³-hybridized carbons (Fsp3) is 0.235. The molecule has 1 N–H and O–H groups in total. The number of rotatable bonds is 4. The zero-order chi connectivity index (χ0) is 14.7. The first-order valence-electron chi connectivity index (χ1n) is 7.14. The minimum absolute atomic E-state index is 0.0363. The van der Waals surface area contributed by atoms with Crippen molar-refractivity contribution in [2.45, 2.75) is 19.9 Å². The Kier molecular flexibility index (Phi) is 3.88. The van der Waals surface area contributed by atoms with Crippen LogP contribution in [0, 0.1) is 6.92 Å². The third kappa shape index (κ3) is 2.76. The SMILES string of the molecule is CCNC(c1cnc(C)cn1)c1cccc2cnccc12. The summed E-state index contributed by atoms with van der Waals surface area (Å²) in [4.78, 5) is 13.1. The first-order valence-corrected chi connectivity index (χ1v) is 7.14. The second-order valence-corrected chi connectivity index (χ2v) is 5.02. The fourth-order valence-electron chi connectivity index (χ4n) is 2.53. The molecule has 0 saturated carbocycles. The van der Waals surface area contributed by atoms with E-state index in [0.29, 0.717) is 0 Å². The molecule has 0 aliphatic carbocycles. The second kappa shape index (κ2) is 5.97. The molecule has 1 unspecified atom stereocenters. The number of nitrogens with one attached hydrogen (secondary N) is 1. The Labute approximate surface area is 124 Å². The lowest BCUT2D eigenvalue weighted by atomic mass is 9.98. The smallest absolute Gasteiger partial charge is 0.0801 e. The van der Waals surface area contributed by atoms with Crippen LogP contribution in [0.3, 0.4) is 0 Å². The molecule has 2 aromatic heterocycles. The molecule has 0 spiro atoms. The summed E-state index contributed by atoms with van der Waals surface area (Å²) in [7, 11) is 0. The highest BCUT2D eigenvalue weighted by Crippen LogP contribution is 2.27. The van der Waals surface area contributed by atoms with Gasteiger partial charge in [-0.15, -0.1) is 0 Å². The molecule has 3 aromatic rings. The van der Waals surface area contributed by atoms with E-state index in [1.54, 1.807) is 0 Å². The Morgan fingerprint density at radius 1 is 1.10 bits per heavy atom. The van der Waals surface area contributed by atoms with Crippen LogP contribution in [0.15, 0.2) is 49.1 Å². The monoisotopic (exact) mass is 278 g/mol. The highest BCUT2D eigenvalue weighted by Gasteiger charge is 2.17. The van der Waals surface area contributed by atoms with Crippen molar-refractivity contribution in [1.29, 1.82) is 0 Å². The van der Waals surface area contributed by atoms with E-state index in [2.05, 4.69) is 51.5 Å². The van der Waals surface area contributed by atoms with Crippen molar-refractivity contribution in [3.63, 3.8) is 0 Å². The Balaban J connectivity index is 2.13. The molecule has 0 aliphatic rings. The number of hydrogen-bond donors (Lipinski definition) is 1. The van der Waals surface area contributed by atoms with Crippen LogP contribution in [0.5, 0.6) is 0 Å². The molecule has 0 bridgehead atoms. The van der Waals surface area contributed by atoms with Gasteiger partial charge in [0.25, 0.3) is 0 Å². The Morgan fingerprint density at radius 2 is 2.00 bits per heavy atom. The lowest BCUT2D eigenvalue weighted by Crippen LogP contribution is -2.23. The van der Waals surface area contributed by atoms with Gasteiger partial charge in [0.2, 0.25) is 0 Å². The summed E-state index contributed by atoms with van der Waals surface area (Å²) >= 11 is 0. The number of aromatic nitrogens is 3. The summed E-state index contributed by atoms with van der Waals surface area (Å²) in [5.74, 6) is 0. The average Bonchev–Trinajstić information content (AvgIpc) is 2.53. The molecule has 1 aromatic carbocycles. The van der Waals surface area contributed by atoms with E-state index in [1.165, 1.54) is 10.9 Å². The first kappa shape index (κ1) is 13.6. The van der Waals surface area contributed by atoms with Crippen molar-refractivity contribution in [1.82, 2.24) is 20.3 Å². The van der Waals surface area contributed by atoms with E-state index in [9.17, 15) is 0 Å². The molecular formula is C17H18N4. The number of nitrogens with zero attached hydrogens (tertiary/aromatic N) is 3. The number of aryl methyl sites for hydroxylation is 1. The molecule has 0 radical (unpaired) electrons. The van der Waals surface area contributed by atoms with Crippen LogP contribution < -0.4 is 5.32 Å². The van der Waals surface area contributed by atoms with Crippen molar-refractivity contribution in [3.8, 4) is 0 Å². The molecule has 0 amide bonds. The molecule has 106 valence electrons. The molecule has 3 rings (SSSR count). The Hall–Kier alpha value is -2.33. The largest absolute Gasteiger partial charge is 0.305 e. The molecule has 0 fully saturated rings. The lowest BCUT2D eigenvalue weighted by Gasteiger charge is -2.19. The summed E-state index contributed by atoms with van der Waals surface area (Å²) in [6.45, 7) is 4.91. The molecule has 2 heterocycles. The van der Waals surface area contributed by atoms with Crippen LogP contribution in [-0.2, 0) is 0 Å². The number of benzene rings is 1. The van der Waals surface area contributed by atoms with Crippen molar-refractivity contribution in [3.05, 3.63) is 66.0 Å². The average molecular weight is 278 g/mol. The minimum Gasteiger partial charge on any atom is -0.305 e. The van der Waals surface area contributed by atoms with Gasteiger partial charge in [-0.05, 0) is 30.5 Å². The predicted molar refractivity (Wildman–Crippen MR) is 84.0 cm³/mol. The van der Waals surface area contributed by atoms with Crippen LogP contribution in [0.25, 0.3) is 10.8 Å². The zero-order valence-electron chi connectivity index (χ0n) is 12.2. The van der Waals surface area contributed by atoms with Crippen molar-refractivity contribution in [2.24, 2.45) is 0 Å². The van der Waals surface area contributed by atoms with Crippen molar-refractivity contribution < 1.29 is 0 Å². The van der Waals surface area contributed by atoms with Gasteiger partial charge in [0, 0.05) is 24.0 Å². The van der Waals surface area contributed by atoms with Crippen LogP contribution in [0.1, 0.15) is 29.9 Å². The Bertz CT molecular complexity index is 732. The highest BCUT2D eigenvalue weighted by atomic mass is 14.9. The van der Waals surface area contributed by atoms with E-state index in [1.807, 2.05) is 31.7 Å². The van der Waals surface area contributed by atoms with E-state index in [-0.39, 0.29) is 6.04 Å². The predicted octanol–water partition coefficient (Wildman–Crippen LogP) is 3.03. The molecule has 21 heavy (non-hydrogen) atoms. The second-order valence-electron chi connectivity index (χ2n) is 5.02. The van der Waals surface area contributed by atoms with Crippen molar-refractivity contribution in [2.75, 3.05) is 6.54 Å². The van der Waals surface area contributed by atoms with Gasteiger partial charge in [0.1, 0.15) is 0 Å². The molecule has 0 aliphatic heterocycles. The Morgan fingerprint density at radius 3 is 2.76 bits per heavy atom. The maximum Gasteiger partial charge on any atom is 0.0801 e. The minimum atomic E-state index is 0.0363. The van der Waals surface area contributed by atoms with Gasteiger partial charge < -0.3 is 5.32 Å². The van der Waals surface area contributed by atoms with Gasteiger partial charge in [-0.3, -0.25) is 15.0 Å². The van der Waals surface area contributed by atoms with Gasteiger partial charge in [-0.1, -0.05) is 25.1 Å². The summed E-state index contributed by atoms with van der Waals surface area (Å²) in [6, 6.07) is 8.36. The molecular weight excluding hydrogens is 260 g/mol. The quantitative estimate of drug-likeness (QED) is 0.797. The van der Waals surface area contributed by atoms with E-state index < -0.39 is 0 Å². The summed E-state index contributed by atoms with van der Waals surface area (Å²) in [5.41, 5.74) is 3.07. The van der Waals surface area contributed by atoms with Crippen molar-refractivity contribution >= 4 is 10.8 Å². The third-order valence-electron chi connectivity index (χ3n) is 3.53.